The van der Waals surface area contributed by atoms with Crippen molar-refractivity contribution < 1.29 is 9.63 Å². The molecule has 0 fully saturated rings. The molecule has 0 aromatic heterocycles. The van der Waals surface area contributed by atoms with Crippen molar-refractivity contribution in [2.45, 2.75) is 13.3 Å². The van der Waals surface area contributed by atoms with Crippen molar-refractivity contribution in [3.8, 4) is 0 Å². The molecule has 1 amide bonds. The van der Waals surface area contributed by atoms with Crippen LogP contribution in [0.2, 0.25) is 0 Å². The summed E-state index contributed by atoms with van der Waals surface area (Å²) in [4.78, 5) is 16.3. The van der Waals surface area contributed by atoms with Gasteiger partial charge in [-0.15, -0.1) is 0 Å². The Morgan fingerprint density at radius 2 is 2.20 bits per heavy atom. The molecule has 82 valence electrons. The predicted octanol–water partition coefficient (Wildman–Crippen LogP) is 1.14. The summed E-state index contributed by atoms with van der Waals surface area (Å²) in [6.45, 7) is 1.92. The number of amides is 1. The first-order valence-electron chi connectivity index (χ1n) is 4.70. The van der Waals surface area contributed by atoms with Gasteiger partial charge in [0.1, 0.15) is 0 Å². The van der Waals surface area contributed by atoms with Gasteiger partial charge in [0, 0.05) is 12.7 Å². The van der Waals surface area contributed by atoms with Gasteiger partial charge in [0.05, 0.1) is 13.5 Å². The van der Waals surface area contributed by atoms with E-state index in [9.17, 15) is 4.79 Å². The number of aryl methyl sites for hydroxylation is 1. The monoisotopic (exact) mass is 208 g/mol. The van der Waals surface area contributed by atoms with E-state index in [1.165, 1.54) is 12.2 Å². The molecule has 0 spiro atoms. The van der Waals surface area contributed by atoms with E-state index < -0.39 is 0 Å². The van der Waals surface area contributed by atoms with Crippen LogP contribution in [-0.4, -0.2) is 25.1 Å². The van der Waals surface area contributed by atoms with Crippen LogP contribution in [-0.2, 0) is 16.1 Å². The lowest BCUT2D eigenvalue weighted by Crippen LogP contribution is -2.26. The van der Waals surface area contributed by atoms with E-state index >= 15 is 0 Å². The van der Waals surface area contributed by atoms with E-state index in [0.717, 1.165) is 16.8 Å². The molecular formula is C11H16N2O2. The van der Waals surface area contributed by atoms with E-state index in [-0.39, 0.29) is 5.91 Å². The SMILES string of the molecule is CON(C)C(=O)Cc1ccc(N)c(C)c1. The van der Waals surface area contributed by atoms with Gasteiger partial charge in [-0.25, -0.2) is 5.06 Å². The number of benzene rings is 1. The first-order chi connectivity index (χ1) is 7.04. The second kappa shape index (κ2) is 4.79. The fourth-order valence-electron chi connectivity index (χ4n) is 1.24. The number of nitrogens with zero attached hydrogens (tertiary/aromatic N) is 1. The van der Waals surface area contributed by atoms with Gasteiger partial charge in [-0.1, -0.05) is 12.1 Å². The molecule has 0 aliphatic carbocycles. The van der Waals surface area contributed by atoms with Crippen molar-refractivity contribution in [2.75, 3.05) is 19.9 Å². The molecule has 0 atom stereocenters. The van der Waals surface area contributed by atoms with E-state index in [1.54, 1.807) is 7.05 Å². The number of hydrogen-bond donors (Lipinski definition) is 1. The number of carbonyl (C=O) groups excluding carboxylic acids is 1. The minimum Gasteiger partial charge on any atom is -0.399 e. The van der Waals surface area contributed by atoms with Crippen LogP contribution >= 0.6 is 0 Å². The highest BCUT2D eigenvalue weighted by Crippen LogP contribution is 2.13. The molecule has 1 rings (SSSR count). The summed E-state index contributed by atoms with van der Waals surface area (Å²) >= 11 is 0. The van der Waals surface area contributed by atoms with Gasteiger partial charge in [-0.3, -0.25) is 9.63 Å². The Morgan fingerprint density at radius 1 is 1.53 bits per heavy atom. The van der Waals surface area contributed by atoms with Gasteiger partial charge in [-0.05, 0) is 24.1 Å². The Balaban J connectivity index is 2.73. The Bertz CT molecular complexity index is 364. The molecule has 1 aromatic rings. The number of anilines is 1. The smallest absolute Gasteiger partial charge is 0.250 e. The molecule has 4 heteroatoms. The van der Waals surface area contributed by atoms with Crippen LogP contribution in [0.15, 0.2) is 18.2 Å². The Morgan fingerprint density at radius 3 is 2.73 bits per heavy atom. The summed E-state index contributed by atoms with van der Waals surface area (Å²) in [6, 6.07) is 5.57. The molecule has 0 aliphatic heterocycles. The minimum atomic E-state index is -0.0818. The van der Waals surface area contributed by atoms with Gasteiger partial charge in [0.15, 0.2) is 0 Å². The predicted molar refractivity (Wildman–Crippen MR) is 59.1 cm³/mol. The van der Waals surface area contributed by atoms with Gasteiger partial charge < -0.3 is 5.73 Å². The van der Waals surface area contributed by atoms with Crippen molar-refractivity contribution in [1.29, 1.82) is 0 Å². The Labute approximate surface area is 89.6 Å². The third-order valence-corrected chi connectivity index (χ3v) is 2.31. The van der Waals surface area contributed by atoms with Crippen LogP contribution in [0.25, 0.3) is 0 Å². The van der Waals surface area contributed by atoms with E-state index in [0.29, 0.717) is 6.42 Å². The molecular weight excluding hydrogens is 192 g/mol. The number of nitrogen functional groups attached to an aromatic ring is 1. The zero-order valence-electron chi connectivity index (χ0n) is 9.28. The van der Waals surface area contributed by atoms with Crippen molar-refractivity contribution in [1.82, 2.24) is 5.06 Å². The highest BCUT2D eigenvalue weighted by atomic mass is 16.7. The van der Waals surface area contributed by atoms with Gasteiger partial charge in [0.25, 0.3) is 0 Å². The maximum absolute atomic E-state index is 11.5. The molecule has 4 nitrogen and oxygen atoms in total. The van der Waals surface area contributed by atoms with E-state index in [2.05, 4.69) is 0 Å². The largest absolute Gasteiger partial charge is 0.399 e. The summed E-state index contributed by atoms with van der Waals surface area (Å²) in [7, 11) is 3.05. The molecule has 1 aromatic carbocycles. The Kier molecular flexibility index (Phi) is 3.68. The van der Waals surface area contributed by atoms with Crippen LogP contribution in [0.3, 0.4) is 0 Å². The van der Waals surface area contributed by atoms with Crippen LogP contribution in [0.5, 0.6) is 0 Å². The van der Waals surface area contributed by atoms with Crippen molar-refractivity contribution in [3.05, 3.63) is 29.3 Å². The van der Waals surface area contributed by atoms with Gasteiger partial charge >= 0.3 is 0 Å². The van der Waals surface area contributed by atoms with Crippen molar-refractivity contribution >= 4 is 11.6 Å². The van der Waals surface area contributed by atoms with Gasteiger partial charge in [-0.2, -0.15) is 0 Å². The molecule has 15 heavy (non-hydrogen) atoms. The Hall–Kier alpha value is -1.55. The van der Waals surface area contributed by atoms with Crippen LogP contribution in [0.1, 0.15) is 11.1 Å². The molecule has 0 unspecified atom stereocenters. The fraction of sp³-hybridized carbons (Fsp3) is 0.364. The van der Waals surface area contributed by atoms with E-state index in [1.807, 2.05) is 25.1 Å². The fourth-order valence-corrected chi connectivity index (χ4v) is 1.24. The standard InChI is InChI=1S/C11H16N2O2/c1-8-6-9(4-5-10(8)12)7-11(14)13(2)15-3/h4-6H,7,12H2,1-3H3. The second-order valence-electron chi connectivity index (χ2n) is 3.44. The highest BCUT2D eigenvalue weighted by molar-refractivity contribution is 5.77. The molecule has 0 saturated carbocycles. The summed E-state index contributed by atoms with van der Waals surface area (Å²) in [5.74, 6) is -0.0818. The first kappa shape index (κ1) is 11.5. The van der Waals surface area contributed by atoms with E-state index in [4.69, 9.17) is 10.6 Å². The number of carbonyl (C=O) groups is 1. The second-order valence-corrected chi connectivity index (χ2v) is 3.44. The molecule has 0 aliphatic rings. The lowest BCUT2D eigenvalue weighted by Gasteiger charge is -2.13. The van der Waals surface area contributed by atoms with Crippen LogP contribution in [0, 0.1) is 6.92 Å². The number of likely N-dealkylation sites (N-methyl/N-ethyl adjacent to an activating group) is 1. The number of nitrogens with two attached hydrogens (primary N) is 1. The average Bonchev–Trinajstić information content (AvgIpc) is 2.22. The third-order valence-electron chi connectivity index (χ3n) is 2.31. The molecule has 0 bridgehead atoms. The minimum absolute atomic E-state index is 0.0818. The van der Waals surface area contributed by atoms with Crippen molar-refractivity contribution in [3.63, 3.8) is 0 Å². The molecule has 0 saturated heterocycles. The average molecular weight is 208 g/mol. The lowest BCUT2D eigenvalue weighted by molar-refractivity contribution is -0.167. The highest BCUT2D eigenvalue weighted by Gasteiger charge is 2.09. The third kappa shape index (κ3) is 2.95. The first-order valence-corrected chi connectivity index (χ1v) is 4.70. The summed E-state index contributed by atoms with van der Waals surface area (Å²) in [6.07, 6.45) is 0.325. The zero-order valence-corrected chi connectivity index (χ0v) is 9.28. The number of hydroxylamine groups is 2. The molecule has 2 N–H and O–H groups in total. The van der Waals surface area contributed by atoms with Crippen molar-refractivity contribution in [2.24, 2.45) is 0 Å². The lowest BCUT2D eigenvalue weighted by atomic mass is 10.1. The maximum atomic E-state index is 11.5. The quantitative estimate of drug-likeness (QED) is 0.598. The maximum Gasteiger partial charge on any atom is 0.250 e. The number of rotatable bonds is 3. The summed E-state index contributed by atoms with van der Waals surface area (Å²) < 4.78 is 0. The molecule has 0 radical (unpaired) electrons. The zero-order chi connectivity index (χ0) is 11.4. The number of hydrogen-bond acceptors (Lipinski definition) is 3. The van der Waals surface area contributed by atoms with Crippen LogP contribution < -0.4 is 5.73 Å². The van der Waals surface area contributed by atoms with Gasteiger partial charge in [0.2, 0.25) is 5.91 Å². The van der Waals surface area contributed by atoms with Crippen LogP contribution in [0.4, 0.5) is 5.69 Å². The normalized spacial score (nSPS) is 10.1. The summed E-state index contributed by atoms with van der Waals surface area (Å²) in [5.41, 5.74) is 8.35. The molecule has 0 heterocycles. The summed E-state index contributed by atoms with van der Waals surface area (Å²) in [5, 5.41) is 1.21. The topological polar surface area (TPSA) is 55.6 Å².